The molecule has 2 atom stereocenters. The molecular weight excluding hydrogens is 886 g/mol. The Kier molecular flexibility index (Phi) is 9.62. The summed E-state index contributed by atoms with van der Waals surface area (Å²) in [5.41, 5.74) is 26.1. The predicted octanol–water partition coefficient (Wildman–Crippen LogP) is 13.9. The van der Waals surface area contributed by atoms with Gasteiger partial charge in [-0.2, -0.15) is 0 Å². The van der Waals surface area contributed by atoms with E-state index in [1.54, 1.807) is 22.5 Å². The van der Waals surface area contributed by atoms with Crippen LogP contribution in [0, 0.1) is 0 Å². The normalized spacial score (nSPS) is 19.8. The minimum absolute atomic E-state index is 0.0271. The number of hydrogen-bond acceptors (Lipinski definition) is 2. The second-order valence-corrected chi connectivity index (χ2v) is 22.7. The van der Waals surface area contributed by atoms with Crippen molar-refractivity contribution in [2.24, 2.45) is 0 Å². The van der Waals surface area contributed by atoms with Gasteiger partial charge in [0.2, 0.25) is 0 Å². The summed E-state index contributed by atoms with van der Waals surface area (Å²) in [6.07, 6.45) is 20.9. The molecular formula is C68H62BN3O. The van der Waals surface area contributed by atoms with E-state index in [9.17, 15) is 0 Å². The zero-order valence-corrected chi connectivity index (χ0v) is 42.0. The second kappa shape index (κ2) is 16.5. The zero-order valence-electron chi connectivity index (χ0n) is 42.0. The quantitative estimate of drug-likeness (QED) is 0.160. The fraction of sp³-hybridized carbons (Fsp3) is 0.294. The molecule has 0 amide bonds. The number of aryl methyl sites for hydroxylation is 1. The van der Waals surface area contributed by atoms with E-state index in [-0.39, 0.29) is 6.71 Å². The zero-order chi connectivity index (χ0) is 47.8. The van der Waals surface area contributed by atoms with Crippen LogP contribution in [0.4, 0.5) is 11.4 Å². The van der Waals surface area contributed by atoms with Gasteiger partial charge in [0.15, 0.2) is 0 Å². The number of para-hydroxylation sites is 2. The first-order valence-electron chi connectivity index (χ1n) is 28.2. The molecule has 73 heavy (non-hydrogen) atoms. The third-order valence-corrected chi connectivity index (χ3v) is 19.2. The van der Waals surface area contributed by atoms with Crippen molar-refractivity contribution in [3.63, 3.8) is 0 Å². The fourth-order valence-electron chi connectivity index (χ4n) is 16.3. The molecule has 16 rings (SSSR count). The largest absolute Gasteiger partial charge is 0.458 e. The van der Waals surface area contributed by atoms with Gasteiger partial charge in [0.25, 0.3) is 6.71 Å². The average molecular weight is 948 g/mol. The van der Waals surface area contributed by atoms with Crippen LogP contribution in [0.15, 0.2) is 158 Å². The average Bonchev–Trinajstić information content (AvgIpc) is 4.01. The van der Waals surface area contributed by atoms with Gasteiger partial charge in [-0.1, -0.05) is 134 Å². The number of rotatable bonds is 5. The van der Waals surface area contributed by atoms with Crippen molar-refractivity contribution in [3.05, 3.63) is 219 Å². The lowest BCUT2D eigenvalue weighted by atomic mass is 9.30. The molecule has 1 fully saturated rings. The lowest BCUT2D eigenvalue weighted by Gasteiger charge is -2.47. The van der Waals surface area contributed by atoms with Crippen LogP contribution in [-0.2, 0) is 43.9 Å². The molecule has 0 bridgehead atoms. The Morgan fingerprint density at radius 3 is 1.79 bits per heavy atom. The molecule has 4 aliphatic carbocycles. The third-order valence-electron chi connectivity index (χ3n) is 19.2. The molecule has 1 saturated carbocycles. The van der Waals surface area contributed by atoms with Crippen LogP contribution in [0.25, 0.3) is 22.3 Å². The lowest BCUT2D eigenvalue weighted by molar-refractivity contribution is 0.484. The second-order valence-electron chi connectivity index (χ2n) is 22.7. The van der Waals surface area contributed by atoms with Crippen molar-refractivity contribution in [2.75, 3.05) is 4.90 Å². The molecule has 2 unspecified atom stereocenters. The monoisotopic (exact) mass is 947 g/mol. The molecule has 0 radical (unpaired) electrons. The van der Waals surface area contributed by atoms with E-state index in [2.05, 4.69) is 172 Å². The van der Waals surface area contributed by atoms with Crippen LogP contribution in [0.5, 0.6) is 11.5 Å². The lowest BCUT2D eigenvalue weighted by Crippen LogP contribution is -2.64. The van der Waals surface area contributed by atoms with Crippen molar-refractivity contribution in [2.45, 2.75) is 127 Å². The van der Waals surface area contributed by atoms with Gasteiger partial charge < -0.3 is 18.8 Å². The van der Waals surface area contributed by atoms with Gasteiger partial charge in [-0.3, -0.25) is 0 Å². The van der Waals surface area contributed by atoms with Gasteiger partial charge in [-0.15, -0.1) is 0 Å². The summed E-state index contributed by atoms with van der Waals surface area (Å²) in [5.74, 6) is 2.49. The van der Waals surface area contributed by atoms with Crippen molar-refractivity contribution >= 4 is 45.4 Å². The van der Waals surface area contributed by atoms with Gasteiger partial charge >= 0.3 is 0 Å². The molecule has 9 aromatic rings. The molecule has 5 heterocycles. The Bertz CT molecular complexity index is 3620. The third kappa shape index (κ3) is 6.09. The molecule has 0 spiro atoms. The van der Waals surface area contributed by atoms with E-state index < -0.39 is 5.41 Å². The van der Waals surface area contributed by atoms with Crippen LogP contribution in [-0.4, -0.2) is 21.9 Å². The van der Waals surface area contributed by atoms with Crippen molar-refractivity contribution in [1.29, 1.82) is 0 Å². The first kappa shape index (κ1) is 42.5. The van der Waals surface area contributed by atoms with Gasteiger partial charge in [0, 0.05) is 69.3 Å². The minimum atomic E-state index is -0.649. The van der Waals surface area contributed by atoms with Crippen LogP contribution in [0.2, 0.25) is 0 Å². The number of aromatic nitrogens is 2. The van der Waals surface area contributed by atoms with Gasteiger partial charge in [-0.05, 0) is 182 Å². The molecule has 4 nitrogen and oxygen atoms in total. The maximum atomic E-state index is 7.71. The topological polar surface area (TPSA) is 22.3 Å². The number of hydrogen-bond donors (Lipinski definition) is 0. The van der Waals surface area contributed by atoms with E-state index in [0.717, 1.165) is 37.2 Å². The summed E-state index contributed by atoms with van der Waals surface area (Å²) >= 11 is 0. The highest BCUT2D eigenvalue weighted by atomic mass is 16.5. The van der Waals surface area contributed by atoms with Crippen LogP contribution in [0.1, 0.15) is 138 Å². The highest BCUT2D eigenvalue weighted by molar-refractivity contribution is 6.98. The summed E-state index contributed by atoms with van der Waals surface area (Å²) in [7, 11) is 0. The number of benzene rings is 7. The summed E-state index contributed by atoms with van der Waals surface area (Å²) < 4.78 is 13.1. The number of anilines is 2. The summed E-state index contributed by atoms with van der Waals surface area (Å²) in [4.78, 5) is 2.77. The van der Waals surface area contributed by atoms with E-state index in [0.29, 0.717) is 12.0 Å². The standard InChI is InChI=1S/C68H62BN3O/c1-4-20-44(21-5-1)68(45-22-6-2-7-23-45)55-40-46(70-59-31-15-10-25-50(59)51-26-11-16-32-60(51)70)36-38-57(55)69-58-39-37-47(71-61-33-17-12-27-52(61)53-28-13-18-34-62(53)71)42-65(58)73-66-43-48(41-56(68)67(66)69)72-63-30-9-3-8-24-49(63)54-29-14-19-35-64(54)72/h1-2,4-7,12,14,17,19-23,27,29,33,35-43,49,63H,3,8-11,13,15-16,18,24-26,28,30-32,34H2. The summed E-state index contributed by atoms with van der Waals surface area (Å²) in [5, 5.41) is 1.40. The number of nitrogens with zero attached hydrogens (tertiary/aromatic N) is 3. The minimum Gasteiger partial charge on any atom is -0.458 e. The van der Waals surface area contributed by atoms with Crippen LogP contribution >= 0.6 is 0 Å². The molecule has 0 saturated heterocycles. The van der Waals surface area contributed by atoms with Crippen molar-refractivity contribution < 1.29 is 4.74 Å². The Labute approximate surface area is 430 Å². The Hall–Kier alpha value is -6.98. The fourth-order valence-corrected chi connectivity index (χ4v) is 16.3. The predicted molar refractivity (Wildman–Crippen MR) is 300 cm³/mol. The molecule has 0 N–H and O–H groups in total. The number of fused-ring (bicyclic) bond motifs is 13. The van der Waals surface area contributed by atoms with E-state index in [1.165, 1.54) is 173 Å². The smallest absolute Gasteiger partial charge is 0.251 e. The van der Waals surface area contributed by atoms with Gasteiger partial charge in [0.05, 0.1) is 10.9 Å². The Balaban J connectivity index is 1.00. The van der Waals surface area contributed by atoms with Crippen LogP contribution in [0.3, 0.4) is 0 Å². The van der Waals surface area contributed by atoms with Gasteiger partial charge in [0.1, 0.15) is 11.5 Å². The summed E-state index contributed by atoms with van der Waals surface area (Å²) in [6, 6.07) is 62.2. The number of ether oxygens (including phenoxy) is 1. The van der Waals surface area contributed by atoms with E-state index >= 15 is 0 Å². The van der Waals surface area contributed by atoms with E-state index in [4.69, 9.17) is 4.74 Å². The SMILES string of the molecule is c1ccc(C2(c3ccccc3)c3cc(-n4c5c(c6c4CCCC6)CCCC5)ccc3B3c4ccc(-n5c6c(c7ccccc75)CCCC6)cc4Oc4cc(N5c6ccccc6C6CCCCCC65)cc2c43)cc1. The molecule has 2 aromatic heterocycles. The van der Waals surface area contributed by atoms with Crippen molar-refractivity contribution in [1.82, 2.24) is 9.13 Å². The van der Waals surface area contributed by atoms with E-state index in [1.807, 2.05) is 0 Å². The molecule has 5 heteroatoms. The highest BCUT2D eigenvalue weighted by Crippen LogP contribution is 2.55. The van der Waals surface area contributed by atoms with Gasteiger partial charge in [-0.25, -0.2) is 0 Å². The first-order chi connectivity index (χ1) is 36.2. The Morgan fingerprint density at radius 1 is 0.452 bits per heavy atom. The molecule has 3 aliphatic heterocycles. The molecule has 7 aliphatic rings. The maximum absolute atomic E-state index is 7.71. The first-order valence-corrected chi connectivity index (χ1v) is 28.2. The summed E-state index contributed by atoms with van der Waals surface area (Å²) in [6.45, 7) is -0.0271. The highest BCUT2D eigenvalue weighted by Gasteiger charge is 2.52. The molecule has 358 valence electrons. The van der Waals surface area contributed by atoms with Crippen LogP contribution < -0.4 is 26.0 Å². The Morgan fingerprint density at radius 2 is 1.04 bits per heavy atom. The van der Waals surface area contributed by atoms with Crippen molar-refractivity contribution in [3.8, 4) is 22.9 Å². The molecule has 7 aromatic carbocycles. The maximum Gasteiger partial charge on any atom is 0.251 e.